The minimum Gasteiger partial charge on any atom is -0.277 e. The van der Waals surface area contributed by atoms with Crippen molar-refractivity contribution in [1.82, 2.24) is 4.90 Å². The molecule has 0 radical (unpaired) electrons. The molecular formula is C17H18N2O4. The van der Waals surface area contributed by atoms with Gasteiger partial charge < -0.3 is 0 Å². The smallest absolute Gasteiger partial charge is 0.270 e. The first kappa shape index (κ1) is 14.4. The lowest BCUT2D eigenvalue weighted by atomic mass is 9.72. The zero-order valence-electron chi connectivity index (χ0n) is 12.8. The highest BCUT2D eigenvalue weighted by Gasteiger charge is 2.52. The van der Waals surface area contributed by atoms with E-state index in [0.717, 1.165) is 38.5 Å². The summed E-state index contributed by atoms with van der Waals surface area (Å²) in [6, 6.07) is 4.39. The summed E-state index contributed by atoms with van der Waals surface area (Å²) < 4.78 is 0. The molecule has 2 saturated carbocycles. The second-order valence-corrected chi connectivity index (χ2v) is 6.94. The Labute approximate surface area is 133 Å². The van der Waals surface area contributed by atoms with E-state index in [2.05, 4.69) is 0 Å². The molecule has 0 unspecified atom stereocenters. The monoisotopic (exact) mass is 314 g/mol. The van der Waals surface area contributed by atoms with Crippen molar-refractivity contribution in [1.29, 1.82) is 0 Å². The third kappa shape index (κ3) is 2.08. The minimum atomic E-state index is -0.646. The van der Waals surface area contributed by atoms with Crippen LogP contribution >= 0.6 is 0 Å². The zero-order valence-corrected chi connectivity index (χ0v) is 12.8. The van der Waals surface area contributed by atoms with Crippen molar-refractivity contribution in [3.05, 3.63) is 39.4 Å². The standard InChI is InChI=1S/C17H18N2O4/c20-15-13-9-12(19(22)23)5-6-14(13)17(7-1-2-8-17)16(21)18(15)10-11-3-4-11/h5-6,9,11H,1-4,7-8,10H2. The van der Waals surface area contributed by atoms with Gasteiger partial charge in [-0.15, -0.1) is 0 Å². The Morgan fingerprint density at radius 2 is 1.91 bits per heavy atom. The lowest BCUT2D eigenvalue weighted by Crippen LogP contribution is -2.53. The summed E-state index contributed by atoms with van der Waals surface area (Å²) in [7, 11) is 0. The molecular weight excluding hydrogens is 296 g/mol. The van der Waals surface area contributed by atoms with Crippen LogP contribution in [0.5, 0.6) is 0 Å². The lowest BCUT2D eigenvalue weighted by molar-refractivity contribution is -0.384. The number of nitro benzene ring substituents is 1. The van der Waals surface area contributed by atoms with Crippen LogP contribution in [0, 0.1) is 16.0 Å². The Hall–Kier alpha value is -2.24. The number of carbonyl (C=O) groups is 2. The van der Waals surface area contributed by atoms with Crippen LogP contribution < -0.4 is 0 Å². The van der Waals surface area contributed by atoms with E-state index in [1.54, 1.807) is 6.07 Å². The van der Waals surface area contributed by atoms with E-state index in [1.807, 2.05) is 0 Å². The van der Waals surface area contributed by atoms with Gasteiger partial charge in [0.15, 0.2) is 0 Å². The van der Waals surface area contributed by atoms with E-state index in [0.29, 0.717) is 23.6 Å². The van der Waals surface area contributed by atoms with Gasteiger partial charge in [-0.2, -0.15) is 0 Å². The predicted molar refractivity (Wildman–Crippen MR) is 82.0 cm³/mol. The minimum absolute atomic E-state index is 0.0896. The highest BCUT2D eigenvalue weighted by Crippen LogP contribution is 2.48. The Balaban J connectivity index is 1.85. The maximum absolute atomic E-state index is 13.1. The molecule has 1 spiro atoms. The number of rotatable bonds is 3. The van der Waals surface area contributed by atoms with Crippen molar-refractivity contribution in [3.63, 3.8) is 0 Å². The van der Waals surface area contributed by atoms with Crippen LogP contribution in [-0.4, -0.2) is 28.2 Å². The van der Waals surface area contributed by atoms with Gasteiger partial charge in [0.2, 0.25) is 5.91 Å². The Morgan fingerprint density at radius 1 is 1.22 bits per heavy atom. The second kappa shape index (κ2) is 4.88. The van der Waals surface area contributed by atoms with Gasteiger partial charge in [-0.1, -0.05) is 18.9 Å². The molecule has 0 bridgehead atoms. The third-order valence-electron chi connectivity index (χ3n) is 5.45. The largest absolute Gasteiger partial charge is 0.277 e. The van der Waals surface area contributed by atoms with Crippen molar-refractivity contribution >= 4 is 17.5 Å². The van der Waals surface area contributed by atoms with Gasteiger partial charge in [-0.25, -0.2) is 0 Å². The molecule has 0 aromatic heterocycles. The van der Waals surface area contributed by atoms with Gasteiger partial charge in [0.25, 0.3) is 11.6 Å². The predicted octanol–water partition coefficient (Wildman–Crippen LogP) is 2.80. The molecule has 4 rings (SSSR count). The number of imide groups is 1. The quantitative estimate of drug-likeness (QED) is 0.488. The molecule has 3 aliphatic rings. The van der Waals surface area contributed by atoms with Gasteiger partial charge in [-0.05, 0) is 37.2 Å². The molecule has 1 aromatic rings. The van der Waals surface area contributed by atoms with Crippen molar-refractivity contribution in [2.75, 3.05) is 6.54 Å². The van der Waals surface area contributed by atoms with Crippen LogP contribution in [0.2, 0.25) is 0 Å². The van der Waals surface area contributed by atoms with E-state index >= 15 is 0 Å². The van der Waals surface area contributed by atoms with E-state index in [1.165, 1.54) is 17.0 Å². The highest BCUT2D eigenvalue weighted by atomic mass is 16.6. The summed E-state index contributed by atoms with van der Waals surface area (Å²) in [6.45, 7) is 0.460. The maximum atomic E-state index is 13.1. The first-order valence-corrected chi connectivity index (χ1v) is 8.18. The summed E-state index contributed by atoms with van der Waals surface area (Å²) in [4.78, 5) is 37.8. The van der Waals surface area contributed by atoms with Crippen LogP contribution in [-0.2, 0) is 10.2 Å². The summed E-state index contributed by atoms with van der Waals surface area (Å²) in [5.74, 6) is -0.0482. The number of carbonyl (C=O) groups excluding carboxylic acids is 2. The molecule has 6 heteroatoms. The van der Waals surface area contributed by atoms with Gasteiger partial charge in [0, 0.05) is 18.7 Å². The summed E-state index contributed by atoms with van der Waals surface area (Å²) in [6.07, 6.45) is 5.45. The van der Waals surface area contributed by atoms with Crippen molar-refractivity contribution in [3.8, 4) is 0 Å². The van der Waals surface area contributed by atoms with Crippen LogP contribution in [0.25, 0.3) is 0 Å². The van der Waals surface area contributed by atoms with Crippen LogP contribution in [0.1, 0.15) is 54.4 Å². The number of nitrogens with zero attached hydrogens (tertiary/aromatic N) is 2. The van der Waals surface area contributed by atoms with Crippen LogP contribution in [0.3, 0.4) is 0 Å². The zero-order chi connectivity index (χ0) is 16.2. The van der Waals surface area contributed by atoms with Gasteiger partial charge in [-0.3, -0.25) is 24.6 Å². The summed E-state index contributed by atoms with van der Waals surface area (Å²) in [5, 5.41) is 11.1. The van der Waals surface area contributed by atoms with E-state index in [-0.39, 0.29) is 17.5 Å². The molecule has 23 heavy (non-hydrogen) atoms. The number of hydrogen-bond acceptors (Lipinski definition) is 4. The number of non-ortho nitro benzene ring substituents is 1. The first-order chi connectivity index (χ1) is 11.0. The molecule has 1 heterocycles. The molecule has 2 fully saturated rings. The van der Waals surface area contributed by atoms with Crippen molar-refractivity contribution in [2.45, 2.75) is 43.9 Å². The first-order valence-electron chi connectivity index (χ1n) is 8.18. The number of fused-ring (bicyclic) bond motifs is 2. The van der Waals surface area contributed by atoms with Crippen LogP contribution in [0.15, 0.2) is 18.2 Å². The Kier molecular flexibility index (Phi) is 3.04. The summed E-state index contributed by atoms with van der Waals surface area (Å²) >= 11 is 0. The fraction of sp³-hybridized carbons (Fsp3) is 0.529. The third-order valence-corrected chi connectivity index (χ3v) is 5.45. The van der Waals surface area contributed by atoms with E-state index in [4.69, 9.17) is 0 Å². The van der Waals surface area contributed by atoms with Gasteiger partial charge >= 0.3 is 0 Å². The molecule has 120 valence electrons. The van der Waals surface area contributed by atoms with E-state index < -0.39 is 10.3 Å². The molecule has 2 aliphatic carbocycles. The van der Waals surface area contributed by atoms with Gasteiger partial charge in [0.1, 0.15) is 0 Å². The lowest BCUT2D eigenvalue weighted by Gasteiger charge is -2.39. The maximum Gasteiger partial charge on any atom is 0.270 e. The van der Waals surface area contributed by atoms with E-state index in [9.17, 15) is 19.7 Å². The Morgan fingerprint density at radius 3 is 2.52 bits per heavy atom. The fourth-order valence-corrected chi connectivity index (χ4v) is 4.04. The normalized spacial score (nSPS) is 22.5. The topological polar surface area (TPSA) is 80.5 Å². The SMILES string of the molecule is O=C1c2cc([N+](=O)[O-])ccc2C2(CCCC2)C(=O)N1CC1CC1. The molecule has 1 aromatic carbocycles. The van der Waals surface area contributed by atoms with Crippen molar-refractivity contribution < 1.29 is 14.5 Å². The second-order valence-electron chi connectivity index (χ2n) is 6.94. The average Bonchev–Trinajstić information content (AvgIpc) is 3.23. The molecule has 0 N–H and O–H groups in total. The van der Waals surface area contributed by atoms with Gasteiger partial charge in [0.05, 0.1) is 15.9 Å². The molecule has 0 saturated heterocycles. The van der Waals surface area contributed by atoms with Crippen molar-refractivity contribution in [2.24, 2.45) is 5.92 Å². The number of hydrogen-bond donors (Lipinski definition) is 0. The average molecular weight is 314 g/mol. The molecule has 2 amide bonds. The number of nitro groups is 1. The fourth-order valence-electron chi connectivity index (χ4n) is 4.04. The van der Waals surface area contributed by atoms with Crippen LogP contribution in [0.4, 0.5) is 5.69 Å². The molecule has 0 atom stereocenters. The number of amides is 2. The summed E-state index contributed by atoms with van der Waals surface area (Å²) in [5.41, 5.74) is 0.308. The highest BCUT2D eigenvalue weighted by molar-refractivity contribution is 6.13. The molecule has 6 nitrogen and oxygen atoms in total. The molecule has 1 aliphatic heterocycles. The Bertz CT molecular complexity index is 717. The number of benzene rings is 1.